The monoisotopic (exact) mass is 408 g/mol. The summed E-state index contributed by atoms with van der Waals surface area (Å²) in [6, 6.07) is 13.9. The number of anilines is 1. The number of para-hydroxylation sites is 1. The number of carbonyl (C=O) groups excluding carboxylic acids is 1. The molecule has 5 rings (SSSR count). The molecule has 7 nitrogen and oxygen atoms in total. The van der Waals surface area contributed by atoms with Crippen LogP contribution >= 0.6 is 0 Å². The Kier molecular flexibility index (Phi) is 5.31. The van der Waals surface area contributed by atoms with Crippen molar-refractivity contribution in [1.82, 2.24) is 14.8 Å². The second-order valence-corrected chi connectivity index (χ2v) is 8.37. The van der Waals surface area contributed by atoms with Gasteiger partial charge < -0.3 is 19.3 Å². The van der Waals surface area contributed by atoms with Crippen LogP contribution in [-0.4, -0.2) is 78.4 Å². The van der Waals surface area contributed by atoms with Crippen LogP contribution in [0.5, 0.6) is 5.75 Å². The van der Waals surface area contributed by atoms with Crippen molar-refractivity contribution in [2.45, 2.75) is 24.7 Å². The predicted octanol–water partition coefficient (Wildman–Crippen LogP) is 2.00. The molecule has 1 aromatic carbocycles. The van der Waals surface area contributed by atoms with E-state index in [0.29, 0.717) is 13.2 Å². The predicted molar refractivity (Wildman–Crippen MR) is 113 cm³/mol. The number of nitrogens with zero attached hydrogens (tertiary/aromatic N) is 4. The molecule has 158 valence electrons. The summed E-state index contributed by atoms with van der Waals surface area (Å²) in [4.78, 5) is 23.4. The van der Waals surface area contributed by atoms with Crippen LogP contribution in [0.25, 0.3) is 0 Å². The molecule has 0 bridgehead atoms. The molecule has 3 aliphatic heterocycles. The Balaban J connectivity index is 1.15. The van der Waals surface area contributed by atoms with E-state index in [4.69, 9.17) is 9.47 Å². The minimum Gasteiger partial charge on any atom is -0.492 e. The number of hydrogen-bond acceptors (Lipinski definition) is 6. The molecule has 0 aliphatic carbocycles. The van der Waals surface area contributed by atoms with Crippen LogP contribution in [0, 0.1) is 0 Å². The van der Waals surface area contributed by atoms with Crippen molar-refractivity contribution in [2.24, 2.45) is 0 Å². The summed E-state index contributed by atoms with van der Waals surface area (Å²) < 4.78 is 12.3. The zero-order chi connectivity index (χ0) is 20.4. The maximum atomic E-state index is 12.8. The third-order valence-electron chi connectivity index (χ3n) is 6.41. The van der Waals surface area contributed by atoms with Crippen molar-refractivity contribution in [2.75, 3.05) is 50.8 Å². The summed E-state index contributed by atoms with van der Waals surface area (Å²) in [5.74, 6) is 1.03. The van der Waals surface area contributed by atoms with Crippen molar-refractivity contribution >= 4 is 11.6 Å². The van der Waals surface area contributed by atoms with E-state index in [-0.39, 0.29) is 17.7 Å². The Morgan fingerprint density at radius 1 is 1.10 bits per heavy atom. The van der Waals surface area contributed by atoms with Gasteiger partial charge in [0.25, 0.3) is 0 Å². The van der Waals surface area contributed by atoms with Crippen molar-refractivity contribution in [3.8, 4) is 5.75 Å². The number of benzene rings is 1. The average molecular weight is 409 g/mol. The Morgan fingerprint density at radius 3 is 2.63 bits per heavy atom. The lowest BCUT2D eigenvalue weighted by Crippen LogP contribution is -2.54. The number of carbonyl (C=O) groups is 1. The lowest BCUT2D eigenvalue weighted by molar-refractivity contribution is -0.149. The van der Waals surface area contributed by atoms with Gasteiger partial charge in [0.2, 0.25) is 5.91 Å². The number of rotatable bonds is 5. The van der Waals surface area contributed by atoms with Gasteiger partial charge in [0.15, 0.2) is 0 Å². The molecular formula is C23H28N4O3. The Labute approximate surface area is 177 Å². The van der Waals surface area contributed by atoms with Gasteiger partial charge in [-0.25, -0.2) is 0 Å². The molecule has 4 heterocycles. The maximum Gasteiger partial charge on any atom is 0.238 e. The first kappa shape index (κ1) is 19.3. The lowest BCUT2D eigenvalue weighted by Gasteiger charge is -2.39. The highest BCUT2D eigenvalue weighted by molar-refractivity contribution is 5.79. The molecule has 0 saturated carbocycles. The normalized spacial score (nSPS) is 23.6. The van der Waals surface area contributed by atoms with Gasteiger partial charge in [-0.3, -0.25) is 14.7 Å². The second kappa shape index (κ2) is 8.24. The summed E-state index contributed by atoms with van der Waals surface area (Å²) in [5.41, 5.74) is 0.997. The molecule has 1 atom stereocenters. The fourth-order valence-corrected chi connectivity index (χ4v) is 4.74. The number of piperazine rings is 1. The van der Waals surface area contributed by atoms with Crippen LogP contribution in [0.15, 0.2) is 54.9 Å². The van der Waals surface area contributed by atoms with E-state index in [1.54, 1.807) is 0 Å². The van der Waals surface area contributed by atoms with E-state index in [1.165, 1.54) is 5.69 Å². The second-order valence-electron chi connectivity index (χ2n) is 8.37. The molecule has 1 amide bonds. The quantitative estimate of drug-likeness (QED) is 0.754. The number of fused-ring (bicyclic) bond motifs is 1. The first-order chi connectivity index (χ1) is 14.7. The third-order valence-corrected chi connectivity index (χ3v) is 6.41. The minimum atomic E-state index is -0.208. The van der Waals surface area contributed by atoms with E-state index in [1.807, 2.05) is 47.6 Å². The van der Waals surface area contributed by atoms with Crippen LogP contribution in [-0.2, 0) is 9.53 Å². The van der Waals surface area contributed by atoms with Gasteiger partial charge in [0.1, 0.15) is 18.6 Å². The first-order valence-corrected chi connectivity index (χ1v) is 10.7. The SMILES string of the molecule is O=C1CN(CCOc2ccccc2)CC2OC3(CCN(c4ccncc4)CC3)CN12. The van der Waals surface area contributed by atoms with E-state index in [9.17, 15) is 4.79 Å². The van der Waals surface area contributed by atoms with Gasteiger partial charge in [0.05, 0.1) is 18.7 Å². The Hall–Kier alpha value is -2.64. The maximum absolute atomic E-state index is 12.8. The average Bonchev–Trinajstić information content (AvgIpc) is 3.14. The van der Waals surface area contributed by atoms with Crippen LogP contribution in [0.1, 0.15) is 12.8 Å². The molecule has 1 aromatic heterocycles. The van der Waals surface area contributed by atoms with Gasteiger partial charge in [-0.05, 0) is 37.1 Å². The molecule has 0 N–H and O–H groups in total. The number of piperidine rings is 1. The smallest absolute Gasteiger partial charge is 0.238 e. The summed E-state index contributed by atoms with van der Waals surface area (Å²) in [6.45, 7) is 5.07. The van der Waals surface area contributed by atoms with E-state index in [0.717, 1.165) is 51.3 Å². The molecule has 1 spiro atoms. The highest BCUT2D eigenvalue weighted by Crippen LogP contribution is 2.37. The molecule has 3 saturated heterocycles. The molecule has 1 unspecified atom stereocenters. The third kappa shape index (κ3) is 4.00. The highest BCUT2D eigenvalue weighted by Gasteiger charge is 2.50. The minimum absolute atomic E-state index is 0.143. The van der Waals surface area contributed by atoms with Crippen molar-refractivity contribution in [3.05, 3.63) is 54.9 Å². The van der Waals surface area contributed by atoms with Gasteiger partial charge in [-0.2, -0.15) is 0 Å². The number of amides is 1. The highest BCUT2D eigenvalue weighted by atomic mass is 16.5. The summed E-state index contributed by atoms with van der Waals surface area (Å²) >= 11 is 0. The van der Waals surface area contributed by atoms with E-state index >= 15 is 0 Å². The van der Waals surface area contributed by atoms with Crippen LogP contribution in [0.3, 0.4) is 0 Å². The van der Waals surface area contributed by atoms with E-state index in [2.05, 4.69) is 26.9 Å². The number of pyridine rings is 1. The Morgan fingerprint density at radius 2 is 1.87 bits per heavy atom. The Bertz CT molecular complexity index is 855. The lowest BCUT2D eigenvalue weighted by atomic mass is 9.91. The van der Waals surface area contributed by atoms with Crippen LogP contribution in [0.2, 0.25) is 0 Å². The fourth-order valence-electron chi connectivity index (χ4n) is 4.74. The zero-order valence-corrected chi connectivity index (χ0v) is 17.2. The molecule has 7 heteroatoms. The van der Waals surface area contributed by atoms with Crippen molar-refractivity contribution in [3.63, 3.8) is 0 Å². The number of hydrogen-bond donors (Lipinski definition) is 0. The molecule has 3 fully saturated rings. The van der Waals surface area contributed by atoms with Gasteiger partial charge >= 0.3 is 0 Å². The van der Waals surface area contributed by atoms with E-state index < -0.39 is 0 Å². The van der Waals surface area contributed by atoms with Crippen LogP contribution < -0.4 is 9.64 Å². The molecule has 30 heavy (non-hydrogen) atoms. The topological polar surface area (TPSA) is 58.1 Å². The van der Waals surface area contributed by atoms with Crippen LogP contribution in [0.4, 0.5) is 5.69 Å². The van der Waals surface area contributed by atoms with Crippen molar-refractivity contribution < 1.29 is 14.3 Å². The molecule has 0 radical (unpaired) electrons. The first-order valence-electron chi connectivity index (χ1n) is 10.7. The number of ether oxygens (including phenoxy) is 2. The van der Waals surface area contributed by atoms with Gasteiger partial charge in [-0.15, -0.1) is 0 Å². The summed E-state index contributed by atoms with van der Waals surface area (Å²) in [5, 5.41) is 0. The molecular weight excluding hydrogens is 380 g/mol. The molecule has 2 aromatic rings. The summed E-state index contributed by atoms with van der Waals surface area (Å²) in [7, 11) is 0. The zero-order valence-electron chi connectivity index (χ0n) is 17.2. The summed E-state index contributed by atoms with van der Waals surface area (Å²) in [6.07, 6.45) is 5.40. The van der Waals surface area contributed by atoms with Crippen molar-refractivity contribution in [1.29, 1.82) is 0 Å². The standard InChI is InChI=1S/C23H28N4O3/c28-21-16-25(14-15-29-20-4-2-1-3-5-20)17-22-27(21)18-23(30-22)8-12-26(13-9-23)19-6-10-24-11-7-19/h1-7,10-11,22H,8-9,12-18H2. The largest absolute Gasteiger partial charge is 0.492 e. The number of aromatic nitrogens is 1. The fraction of sp³-hybridized carbons (Fsp3) is 0.478. The van der Waals surface area contributed by atoms with Gasteiger partial charge in [0, 0.05) is 44.3 Å². The van der Waals surface area contributed by atoms with Gasteiger partial charge in [-0.1, -0.05) is 18.2 Å². The molecule has 3 aliphatic rings.